The molecule has 2 aromatic carbocycles. The van der Waals surface area contributed by atoms with Crippen LogP contribution in [0.5, 0.6) is 0 Å². The number of carbonyl (C=O) groups is 3. The van der Waals surface area contributed by atoms with E-state index >= 15 is 0 Å². The summed E-state index contributed by atoms with van der Waals surface area (Å²) in [6.07, 6.45) is 0.490. The van der Waals surface area contributed by atoms with Crippen molar-refractivity contribution in [3.63, 3.8) is 0 Å². The second kappa shape index (κ2) is 7.58. The average Bonchev–Trinajstić information content (AvgIpc) is 3.30. The van der Waals surface area contributed by atoms with E-state index in [0.717, 1.165) is 16.9 Å². The van der Waals surface area contributed by atoms with Gasteiger partial charge in [0, 0.05) is 36.7 Å². The highest BCUT2D eigenvalue weighted by atomic mass is 16.2. The fraction of sp³-hybridized carbons (Fsp3) is 0.318. The number of nitrogens with zero attached hydrogens (tertiary/aromatic N) is 2. The Bertz CT molecular complexity index is 971. The maximum Gasteiger partial charge on any atom is 0.321 e. The summed E-state index contributed by atoms with van der Waals surface area (Å²) in [5, 5.41) is 5.59. The van der Waals surface area contributed by atoms with E-state index in [0.29, 0.717) is 31.7 Å². The molecule has 2 aromatic rings. The Morgan fingerprint density at radius 1 is 0.966 bits per heavy atom. The second-order valence-electron chi connectivity index (χ2n) is 7.52. The van der Waals surface area contributed by atoms with Crippen LogP contribution in [0.1, 0.15) is 17.5 Å². The van der Waals surface area contributed by atoms with Crippen molar-refractivity contribution in [1.82, 2.24) is 5.32 Å². The zero-order valence-electron chi connectivity index (χ0n) is 16.6. The van der Waals surface area contributed by atoms with E-state index < -0.39 is 5.92 Å². The second-order valence-corrected chi connectivity index (χ2v) is 7.52. The van der Waals surface area contributed by atoms with Crippen molar-refractivity contribution in [3.05, 3.63) is 53.6 Å². The minimum Gasteiger partial charge on any atom is -0.336 e. The molecule has 29 heavy (non-hydrogen) atoms. The summed E-state index contributed by atoms with van der Waals surface area (Å²) in [4.78, 5) is 40.6. The molecule has 0 aliphatic carbocycles. The minimum atomic E-state index is -0.694. The smallest absolute Gasteiger partial charge is 0.321 e. The zero-order valence-corrected chi connectivity index (χ0v) is 16.6. The first-order chi connectivity index (χ1) is 13.9. The van der Waals surface area contributed by atoms with Crippen LogP contribution in [-0.2, 0) is 9.59 Å². The highest BCUT2D eigenvalue weighted by molar-refractivity contribution is 6.13. The van der Waals surface area contributed by atoms with Crippen molar-refractivity contribution in [3.8, 4) is 0 Å². The van der Waals surface area contributed by atoms with Crippen LogP contribution in [0.15, 0.2) is 42.5 Å². The summed E-state index contributed by atoms with van der Waals surface area (Å²) in [7, 11) is 0. The molecule has 4 rings (SSSR count). The zero-order chi connectivity index (χ0) is 20.5. The first-order valence-electron chi connectivity index (χ1n) is 9.79. The lowest BCUT2D eigenvalue weighted by atomic mass is 10.1. The normalized spacial score (nSPS) is 18.9. The molecule has 2 heterocycles. The molecule has 1 unspecified atom stereocenters. The van der Waals surface area contributed by atoms with Gasteiger partial charge in [0.2, 0.25) is 11.8 Å². The molecule has 2 aliphatic rings. The number of anilines is 3. The van der Waals surface area contributed by atoms with Crippen LogP contribution in [0.25, 0.3) is 0 Å². The summed E-state index contributed by atoms with van der Waals surface area (Å²) in [6.45, 7) is 5.82. The number of hydrogen-bond acceptors (Lipinski definition) is 3. The molecular weight excluding hydrogens is 368 g/mol. The Morgan fingerprint density at radius 3 is 2.34 bits per heavy atom. The van der Waals surface area contributed by atoms with Gasteiger partial charge in [0.05, 0.1) is 0 Å². The molecule has 4 amide bonds. The van der Waals surface area contributed by atoms with Gasteiger partial charge >= 0.3 is 6.03 Å². The first kappa shape index (κ1) is 19.0. The molecular formula is C22H24N4O3. The molecule has 2 N–H and O–H groups in total. The number of aryl methyl sites for hydroxylation is 2. The van der Waals surface area contributed by atoms with Crippen LogP contribution in [0.3, 0.4) is 0 Å². The fourth-order valence-corrected chi connectivity index (χ4v) is 3.75. The highest BCUT2D eigenvalue weighted by Crippen LogP contribution is 2.28. The van der Waals surface area contributed by atoms with Crippen molar-refractivity contribution in [1.29, 1.82) is 0 Å². The number of hydrogen-bond donors (Lipinski definition) is 2. The lowest BCUT2D eigenvalue weighted by Crippen LogP contribution is -2.33. The topological polar surface area (TPSA) is 81.8 Å². The maximum absolute atomic E-state index is 12.8. The minimum absolute atomic E-state index is 0.121. The van der Waals surface area contributed by atoms with Gasteiger partial charge in [-0.3, -0.25) is 14.5 Å². The largest absolute Gasteiger partial charge is 0.336 e. The molecule has 2 fully saturated rings. The van der Waals surface area contributed by atoms with E-state index in [-0.39, 0.29) is 17.8 Å². The highest BCUT2D eigenvalue weighted by Gasteiger charge is 2.37. The molecule has 0 spiro atoms. The number of rotatable bonds is 4. The van der Waals surface area contributed by atoms with E-state index in [1.807, 2.05) is 32.0 Å². The van der Waals surface area contributed by atoms with E-state index in [1.54, 1.807) is 34.1 Å². The monoisotopic (exact) mass is 392 g/mol. The third-order valence-corrected chi connectivity index (χ3v) is 5.63. The number of urea groups is 1. The van der Waals surface area contributed by atoms with Gasteiger partial charge in [-0.1, -0.05) is 6.07 Å². The SMILES string of the molecule is Cc1ccc(N2CCC(C(=O)Nc3ccc(N4CCNC4=O)cc3)C2=O)cc1C. The van der Waals surface area contributed by atoms with Crippen molar-refractivity contribution in [2.24, 2.45) is 5.92 Å². The van der Waals surface area contributed by atoms with Gasteiger partial charge < -0.3 is 15.5 Å². The summed E-state index contributed by atoms with van der Waals surface area (Å²) >= 11 is 0. The van der Waals surface area contributed by atoms with E-state index in [4.69, 9.17) is 0 Å². The predicted molar refractivity (Wildman–Crippen MR) is 112 cm³/mol. The Labute approximate surface area is 169 Å². The predicted octanol–water partition coefficient (Wildman–Crippen LogP) is 2.82. The van der Waals surface area contributed by atoms with Crippen molar-refractivity contribution < 1.29 is 14.4 Å². The lowest BCUT2D eigenvalue weighted by Gasteiger charge is -2.18. The van der Waals surface area contributed by atoms with Gasteiger partial charge in [-0.2, -0.15) is 0 Å². The van der Waals surface area contributed by atoms with Crippen LogP contribution in [0.4, 0.5) is 21.9 Å². The van der Waals surface area contributed by atoms with Gasteiger partial charge in [0.25, 0.3) is 0 Å². The van der Waals surface area contributed by atoms with Gasteiger partial charge in [0.1, 0.15) is 5.92 Å². The fourth-order valence-electron chi connectivity index (χ4n) is 3.75. The molecule has 150 valence electrons. The molecule has 0 radical (unpaired) electrons. The number of carbonyl (C=O) groups excluding carboxylic acids is 3. The Balaban J connectivity index is 1.41. The quantitative estimate of drug-likeness (QED) is 0.785. The third kappa shape index (κ3) is 3.68. The number of benzene rings is 2. The molecule has 7 nitrogen and oxygen atoms in total. The van der Waals surface area contributed by atoms with Crippen LogP contribution in [0, 0.1) is 19.8 Å². The molecule has 1 atom stereocenters. The van der Waals surface area contributed by atoms with Gasteiger partial charge in [-0.05, 0) is 67.8 Å². The van der Waals surface area contributed by atoms with E-state index in [9.17, 15) is 14.4 Å². The van der Waals surface area contributed by atoms with Crippen LogP contribution in [0.2, 0.25) is 0 Å². The average molecular weight is 392 g/mol. The van der Waals surface area contributed by atoms with Crippen LogP contribution in [-0.4, -0.2) is 37.5 Å². The standard InChI is InChI=1S/C22H24N4O3/c1-14-3-6-18(13-15(14)2)25-11-9-19(21(25)28)20(27)24-16-4-7-17(8-5-16)26-12-10-23-22(26)29/h3-8,13,19H,9-12H2,1-2H3,(H,23,29)(H,24,27). The Kier molecular flexibility index (Phi) is 4.96. The lowest BCUT2D eigenvalue weighted by molar-refractivity contribution is -0.129. The molecule has 2 aliphatic heterocycles. The van der Waals surface area contributed by atoms with E-state index in [2.05, 4.69) is 10.6 Å². The van der Waals surface area contributed by atoms with Gasteiger partial charge in [0.15, 0.2) is 0 Å². The van der Waals surface area contributed by atoms with E-state index in [1.165, 1.54) is 5.56 Å². The first-order valence-corrected chi connectivity index (χ1v) is 9.79. The van der Waals surface area contributed by atoms with Crippen molar-refractivity contribution in [2.75, 3.05) is 34.8 Å². The molecule has 7 heteroatoms. The van der Waals surface area contributed by atoms with Crippen LogP contribution < -0.4 is 20.4 Å². The van der Waals surface area contributed by atoms with Crippen LogP contribution >= 0.6 is 0 Å². The van der Waals surface area contributed by atoms with Gasteiger partial charge in [-0.15, -0.1) is 0 Å². The molecule has 0 saturated carbocycles. The summed E-state index contributed by atoms with van der Waals surface area (Å²) in [5.74, 6) is -1.16. The Hall–Kier alpha value is -3.35. The third-order valence-electron chi connectivity index (χ3n) is 5.63. The molecule has 2 saturated heterocycles. The molecule has 0 aromatic heterocycles. The number of nitrogens with one attached hydrogen (secondary N) is 2. The molecule has 0 bridgehead atoms. The summed E-state index contributed by atoms with van der Waals surface area (Å²) < 4.78 is 0. The van der Waals surface area contributed by atoms with Crippen molar-refractivity contribution in [2.45, 2.75) is 20.3 Å². The maximum atomic E-state index is 12.8. The summed E-state index contributed by atoms with van der Waals surface area (Å²) in [6, 6.07) is 12.9. The number of amides is 4. The Morgan fingerprint density at radius 2 is 1.69 bits per heavy atom. The van der Waals surface area contributed by atoms with Crippen molar-refractivity contribution >= 4 is 34.9 Å². The van der Waals surface area contributed by atoms with Gasteiger partial charge in [-0.25, -0.2) is 4.79 Å². The summed E-state index contributed by atoms with van der Waals surface area (Å²) in [5.41, 5.74) is 4.51.